The molecule has 0 saturated carbocycles. The van der Waals surface area contributed by atoms with E-state index in [1.165, 1.54) is 0 Å². The predicted octanol–water partition coefficient (Wildman–Crippen LogP) is 2.72. The molecule has 0 aliphatic heterocycles. The number of nitrogens with zero attached hydrogens (tertiary/aromatic N) is 1. The Labute approximate surface area is 100 Å². The first kappa shape index (κ1) is 10.2. The molecule has 0 unspecified atom stereocenters. The van der Waals surface area contributed by atoms with Gasteiger partial charge in [-0.3, -0.25) is 9.78 Å². The van der Waals surface area contributed by atoms with Crippen molar-refractivity contribution in [2.75, 3.05) is 0 Å². The van der Waals surface area contributed by atoms with E-state index in [0.717, 1.165) is 35.1 Å². The number of aromatic nitrogens is 1. The van der Waals surface area contributed by atoms with Crippen molar-refractivity contribution in [3.63, 3.8) is 0 Å². The minimum Gasteiger partial charge on any atom is -0.287 e. The molecule has 1 heterocycles. The number of pyridine rings is 1. The number of carbonyl (C=O) groups excluding carboxylic acids is 1. The number of rotatable bonds is 0. The lowest BCUT2D eigenvalue weighted by atomic mass is 10.0. The number of aryl methyl sites for hydroxylation is 3. The van der Waals surface area contributed by atoms with Gasteiger partial charge in [0.1, 0.15) is 5.69 Å². The SMILES string of the molecule is Cc1cnc2c(c1)CCc1ccccc1C2=O. The van der Waals surface area contributed by atoms with Crippen LogP contribution in [0.25, 0.3) is 0 Å². The molecule has 1 aliphatic rings. The zero-order valence-electron chi connectivity index (χ0n) is 9.73. The topological polar surface area (TPSA) is 30.0 Å². The van der Waals surface area contributed by atoms with E-state index in [2.05, 4.69) is 11.1 Å². The third-order valence-electron chi connectivity index (χ3n) is 3.24. The summed E-state index contributed by atoms with van der Waals surface area (Å²) in [5, 5.41) is 0. The zero-order chi connectivity index (χ0) is 11.8. The maximum absolute atomic E-state index is 12.4. The molecule has 2 nitrogen and oxygen atoms in total. The van der Waals surface area contributed by atoms with E-state index < -0.39 is 0 Å². The Hall–Kier alpha value is -1.96. The molecule has 0 N–H and O–H groups in total. The lowest BCUT2D eigenvalue weighted by Crippen LogP contribution is -2.06. The summed E-state index contributed by atoms with van der Waals surface area (Å²) in [6, 6.07) is 9.91. The van der Waals surface area contributed by atoms with Gasteiger partial charge in [-0.1, -0.05) is 30.3 Å². The molecule has 2 heteroatoms. The number of fused-ring (bicyclic) bond motifs is 2. The molecular formula is C15H13NO. The van der Waals surface area contributed by atoms with Crippen LogP contribution in [0, 0.1) is 6.92 Å². The Morgan fingerprint density at radius 1 is 1.12 bits per heavy atom. The normalized spacial score (nSPS) is 13.8. The lowest BCUT2D eigenvalue weighted by molar-refractivity contribution is 0.103. The molecule has 0 radical (unpaired) electrons. The van der Waals surface area contributed by atoms with Gasteiger partial charge in [0.15, 0.2) is 0 Å². The molecule has 1 aliphatic carbocycles. The van der Waals surface area contributed by atoms with Crippen LogP contribution in [-0.2, 0) is 12.8 Å². The highest BCUT2D eigenvalue weighted by Gasteiger charge is 2.21. The highest BCUT2D eigenvalue weighted by molar-refractivity contribution is 6.10. The van der Waals surface area contributed by atoms with Crippen LogP contribution >= 0.6 is 0 Å². The van der Waals surface area contributed by atoms with E-state index >= 15 is 0 Å². The standard InChI is InChI=1S/C15H13NO/c1-10-8-12-7-6-11-4-2-3-5-13(11)15(17)14(12)16-9-10/h2-5,8-9H,6-7H2,1H3. The van der Waals surface area contributed by atoms with E-state index in [1.807, 2.05) is 31.2 Å². The van der Waals surface area contributed by atoms with Crippen LogP contribution in [0.4, 0.5) is 0 Å². The van der Waals surface area contributed by atoms with E-state index in [1.54, 1.807) is 6.20 Å². The maximum Gasteiger partial charge on any atom is 0.211 e. The molecule has 84 valence electrons. The largest absolute Gasteiger partial charge is 0.287 e. The van der Waals surface area contributed by atoms with E-state index in [9.17, 15) is 4.79 Å². The molecular weight excluding hydrogens is 210 g/mol. The summed E-state index contributed by atoms with van der Waals surface area (Å²) in [5.41, 5.74) is 4.75. The summed E-state index contributed by atoms with van der Waals surface area (Å²) in [6.07, 6.45) is 3.58. The highest BCUT2D eigenvalue weighted by atomic mass is 16.1. The fraction of sp³-hybridized carbons (Fsp3) is 0.200. The van der Waals surface area contributed by atoms with E-state index in [0.29, 0.717) is 5.69 Å². The molecule has 0 spiro atoms. The van der Waals surface area contributed by atoms with Gasteiger partial charge in [-0.2, -0.15) is 0 Å². The average molecular weight is 223 g/mol. The predicted molar refractivity (Wildman–Crippen MR) is 66.3 cm³/mol. The summed E-state index contributed by atoms with van der Waals surface area (Å²) in [4.78, 5) is 16.7. The van der Waals surface area contributed by atoms with Crippen molar-refractivity contribution in [3.8, 4) is 0 Å². The van der Waals surface area contributed by atoms with Crippen LogP contribution in [0.15, 0.2) is 36.5 Å². The van der Waals surface area contributed by atoms with Crippen LogP contribution in [0.3, 0.4) is 0 Å². The summed E-state index contributed by atoms with van der Waals surface area (Å²) < 4.78 is 0. The van der Waals surface area contributed by atoms with Crippen LogP contribution in [0.5, 0.6) is 0 Å². The Bertz CT molecular complexity index is 602. The summed E-state index contributed by atoms with van der Waals surface area (Å²) in [7, 11) is 0. The van der Waals surface area contributed by atoms with Crippen molar-refractivity contribution in [1.82, 2.24) is 4.98 Å². The van der Waals surface area contributed by atoms with Crippen LogP contribution < -0.4 is 0 Å². The third kappa shape index (κ3) is 1.66. The van der Waals surface area contributed by atoms with Gasteiger partial charge in [0, 0.05) is 11.8 Å². The molecule has 0 bridgehead atoms. The molecule has 0 fully saturated rings. The third-order valence-corrected chi connectivity index (χ3v) is 3.24. The molecule has 17 heavy (non-hydrogen) atoms. The Morgan fingerprint density at radius 2 is 1.88 bits per heavy atom. The van der Waals surface area contributed by atoms with Crippen molar-refractivity contribution in [2.24, 2.45) is 0 Å². The van der Waals surface area contributed by atoms with Crippen molar-refractivity contribution >= 4 is 5.78 Å². The first-order valence-electron chi connectivity index (χ1n) is 5.84. The molecule has 0 saturated heterocycles. The monoisotopic (exact) mass is 223 g/mol. The number of ketones is 1. The Morgan fingerprint density at radius 3 is 2.76 bits per heavy atom. The fourth-order valence-electron chi connectivity index (χ4n) is 2.38. The minimum atomic E-state index is 0.0631. The summed E-state index contributed by atoms with van der Waals surface area (Å²) in [5.74, 6) is 0.0631. The van der Waals surface area contributed by atoms with Gasteiger partial charge in [0.25, 0.3) is 0 Å². The Balaban J connectivity index is 2.20. The van der Waals surface area contributed by atoms with Crippen LogP contribution in [0.1, 0.15) is 32.7 Å². The molecule has 2 aromatic rings. The second kappa shape index (κ2) is 3.81. The van der Waals surface area contributed by atoms with Crippen molar-refractivity contribution < 1.29 is 4.79 Å². The number of hydrogen-bond donors (Lipinski definition) is 0. The van der Waals surface area contributed by atoms with Crippen LogP contribution in [0.2, 0.25) is 0 Å². The highest BCUT2D eigenvalue weighted by Crippen LogP contribution is 2.23. The molecule has 0 amide bonds. The first-order valence-corrected chi connectivity index (χ1v) is 5.84. The van der Waals surface area contributed by atoms with Gasteiger partial charge in [-0.15, -0.1) is 0 Å². The molecule has 1 aromatic heterocycles. The number of benzene rings is 1. The maximum atomic E-state index is 12.4. The second-order valence-corrected chi connectivity index (χ2v) is 4.51. The van der Waals surface area contributed by atoms with Crippen LogP contribution in [-0.4, -0.2) is 10.8 Å². The fourth-order valence-corrected chi connectivity index (χ4v) is 2.38. The summed E-state index contributed by atoms with van der Waals surface area (Å²) in [6.45, 7) is 2.01. The van der Waals surface area contributed by atoms with Gasteiger partial charge < -0.3 is 0 Å². The van der Waals surface area contributed by atoms with Gasteiger partial charge in [-0.05, 0) is 36.5 Å². The average Bonchev–Trinajstić information content (AvgIpc) is 2.48. The van der Waals surface area contributed by atoms with E-state index in [-0.39, 0.29) is 5.78 Å². The molecule has 3 rings (SSSR count). The molecule has 1 aromatic carbocycles. The quantitative estimate of drug-likeness (QED) is 0.687. The first-order chi connectivity index (χ1) is 8.25. The molecule has 0 atom stereocenters. The minimum absolute atomic E-state index is 0.0631. The van der Waals surface area contributed by atoms with E-state index in [4.69, 9.17) is 0 Å². The zero-order valence-corrected chi connectivity index (χ0v) is 9.73. The van der Waals surface area contributed by atoms with Gasteiger partial charge >= 0.3 is 0 Å². The number of hydrogen-bond acceptors (Lipinski definition) is 2. The lowest BCUT2D eigenvalue weighted by Gasteiger charge is -2.04. The van der Waals surface area contributed by atoms with Crippen molar-refractivity contribution in [1.29, 1.82) is 0 Å². The van der Waals surface area contributed by atoms with Crippen molar-refractivity contribution in [2.45, 2.75) is 19.8 Å². The Kier molecular flexibility index (Phi) is 2.29. The second-order valence-electron chi connectivity index (χ2n) is 4.51. The van der Waals surface area contributed by atoms with Gasteiger partial charge in [0.2, 0.25) is 5.78 Å². The van der Waals surface area contributed by atoms with Gasteiger partial charge in [0.05, 0.1) is 0 Å². The smallest absolute Gasteiger partial charge is 0.211 e. The van der Waals surface area contributed by atoms with Crippen molar-refractivity contribution in [3.05, 3.63) is 64.5 Å². The van der Waals surface area contributed by atoms with Gasteiger partial charge in [-0.25, -0.2) is 0 Å². The number of carbonyl (C=O) groups is 1. The summed E-state index contributed by atoms with van der Waals surface area (Å²) >= 11 is 0.